The number of halogens is 1. The molecule has 0 unspecified atom stereocenters. The Morgan fingerprint density at radius 3 is 2.88 bits per heavy atom. The number of hydrogen-bond donors (Lipinski definition) is 0. The fraction of sp³-hybridized carbons (Fsp3) is 0.750. The second-order valence-electron chi connectivity index (χ2n) is 4.12. The van der Waals surface area contributed by atoms with E-state index in [0.717, 1.165) is 12.1 Å². The molecule has 17 heavy (non-hydrogen) atoms. The Balaban J connectivity index is 2.07. The van der Waals surface area contributed by atoms with Gasteiger partial charge in [-0.05, 0) is 39.1 Å². The minimum absolute atomic E-state index is 0.536. The lowest BCUT2D eigenvalue weighted by Crippen LogP contribution is -2.22. The number of hydrogen-bond acceptors (Lipinski definition) is 4. The molecule has 1 aromatic heterocycles. The van der Waals surface area contributed by atoms with Crippen LogP contribution in [0.2, 0.25) is 0 Å². The van der Waals surface area contributed by atoms with Crippen molar-refractivity contribution >= 4 is 34.7 Å². The number of nitrogens with zero attached hydrogens (tertiary/aromatic N) is 2. The number of unbranched alkanes of at least 4 members (excludes halogenated alkanes) is 1. The first-order chi connectivity index (χ1) is 8.26. The highest BCUT2D eigenvalue weighted by molar-refractivity contribution is 7.98. The van der Waals surface area contributed by atoms with Gasteiger partial charge in [0.1, 0.15) is 0 Å². The minimum atomic E-state index is 0.536. The molecule has 2 nitrogen and oxygen atoms in total. The molecule has 0 aliphatic carbocycles. The lowest BCUT2D eigenvalue weighted by atomic mass is 10.2. The van der Waals surface area contributed by atoms with Gasteiger partial charge in [-0.1, -0.05) is 0 Å². The van der Waals surface area contributed by atoms with Gasteiger partial charge in [-0.15, -0.1) is 22.9 Å². The second-order valence-corrected chi connectivity index (χ2v) is 6.31. The molecule has 98 valence electrons. The van der Waals surface area contributed by atoms with Gasteiger partial charge in [-0.2, -0.15) is 11.8 Å². The van der Waals surface area contributed by atoms with Crippen LogP contribution in [0.3, 0.4) is 0 Å². The summed E-state index contributed by atoms with van der Waals surface area (Å²) >= 11 is 9.37. The number of aromatic nitrogens is 1. The molecule has 0 radical (unpaired) electrons. The Bertz CT molecular complexity index is 304. The molecule has 0 aromatic carbocycles. The van der Waals surface area contributed by atoms with Crippen LogP contribution in [0.4, 0.5) is 0 Å². The first-order valence-corrected chi connectivity index (χ1v) is 8.73. The van der Waals surface area contributed by atoms with Crippen LogP contribution in [0.5, 0.6) is 0 Å². The van der Waals surface area contributed by atoms with Gasteiger partial charge in [-0.3, -0.25) is 0 Å². The van der Waals surface area contributed by atoms with Crippen molar-refractivity contribution < 1.29 is 0 Å². The van der Waals surface area contributed by atoms with E-state index in [9.17, 15) is 0 Å². The Hall–Kier alpha value is 0.230. The molecule has 1 heterocycles. The SMILES string of the molecule is CSCCN(C)CCCCc1nc(CCl)cs1. The van der Waals surface area contributed by atoms with Crippen molar-refractivity contribution in [1.82, 2.24) is 9.88 Å². The smallest absolute Gasteiger partial charge is 0.0928 e. The van der Waals surface area contributed by atoms with E-state index in [1.165, 1.54) is 36.7 Å². The van der Waals surface area contributed by atoms with Crippen LogP contribution in [0.1, 0.15) is 23.5 Å². The van der Waals surface area contributed by atoms with E-state index in [1.807, 2.05) is 11.8 Å². The summed E-state index contributed by atoms with van der Waals surface area (Å²) in [5.74, 6) is 1.76. The van der Waals surface area contributed by atoms with Crippen molar-refractivity contribution in [2.24, 2.45) is 0 Å². The van der Waals surface area contributed by atoms with Gasteiger partial charge in [0.25, 0.3) is 0 Å². The zero-order valence-electron chi connectivity index (χ0n) is 10.6. The minimum Gasteiger partial charge on any atom is -0.306 e. The zero-order valence-corrected chi connectivity index (χ0v) is 13.0. The van der Waals surface area contributed by atoms with E-state index in [4.69, 9.17) is 11.6 Å². The van der Waals surface area contributed by atoms with Crippen LogP contribution >= 0.6 is 34.7 Å². The van der Waals surface area contributed by atoms with Gasteiger partial charge < -0.3 is 4.90 Å². The molecule has 0 bridgehead atoms. The molecule has 0 amide bonds. The molecule has 0 spiro atoms. The predicted octanol–water partition coefficient (Wildman–Crippen LogP) is 3.50. The Kier molecular flexibility index (Phi) is 8.27. The quantitative estimate of drug-likeness (QED) is 0.512. The van der Waals surface area contributed by atoms with Crippen molar-refractivity contribution in [1.29, 1.82) is 0 Å². The maximum atomic E-state index is 5.73. The Morgan fingerprint density at radius 2 is 2.24 bits per heavy atom. The highest BCUT2D eigenvalue weighted by Gasteiger charge is 2.02. The lowest BCUT2D eigenvalue weighted by Gasteiger charge is -2.15. The first-order valence-electron chi connectivity index (χ1n) is 5.93. The molecule has 1 rings (SSSR count). The van der Waals surface area contributed by atoms with Crippen LogP contribution in [-0.2, 0) is 12.3 Å². The van der Waals surface area contributed by atoms with E-state index in [1.54, 1.807) is 11.3 Å². The van der Waals surface area contributed by atoms with Crippen molar-refractivity contribution in [2.75, 3.05) is 32.1 Å². The van der Waals surface area contributed by atoms with E-state index >= 15 is 0 Å². The summed E-state index contributed by atoms with van der Waals surface area (Å²) in [6, 6.07) is 0. The molecule has 0 fully saturated rings. The summed E-state index contributed by atoms with van der Waals surface area (Å²) in [5.41, 5.74) is 1.02. The number of thioether (sulfide) groups is 1. The Labute approximate surface area is 118 Å². The molecule has 0 saturated carbocycles. The normalized spacial score (nSPS) is 11.3. The van der Waals surface area contributed by atoms with E-state index in [0.29, 0.717) is 5.88 Å². The monoisotopic (exact) mass is 292 g/mol. The third-order valence-electron chi connectivity index (χ3n) is 2.59. The predicted molar refractivity (Wildman–Crippen MR) is 80.5 cm³/mol. The standard InChI is InChI=1S/C12H21ClN2S2/c1-15(7-8-16-2)6-4-3-5-12-14-11(9-13)10-17-12/h10H,3-9H2,1-2H3. The van der Waals surface area contributed by atoms with Gasteiger partial charge in [0, 0.05) is 17.7 Å². The second kappa shape index (κ2) is 9.20. The molecule has 5 heteroatoms. The number of aryl methyl sites for hydroxylation is 1. The highest BCUT2D eigenvalue weighted by atomic mass is 35.5. The van der Waals surface area contributed by atoms with Crippen LogP contribution in [0.15, 0.2) is 5.38 Å². The van der Waals surface area contributed by atoms with Crippen LogP contribution in [0, 0.1) is 0 Å². The van der Waals surface area contributed by atoms with Crippen molar-refractivity contribution in [3.8, 4) is 0 Å². The van der Waals surface area contributed by atoms with Gasteiger partial charge in [0.15, 0.2) is 0 Å². The van der Waals surface area contributed by atoms with Crippen molar-refractivity contribution in [3.63, 3.8) is 0 Å². The topological polar surface area (TPSA) is 16.1 Å². The van der Waals surface area contributed by atoms with Crippen LogP contribution < -0.4 is 0 Å². The van der Waals surface area contributed by atoms with Crippen LogP contribution in [-0.4, -0.2) is 42.0 Å². The fourth-order valence-electron chi connectivity index (χ4n) is 1.54. The first kappa shape index (κ1) is 15.3. The van der Waals surface area contributed by atoms with Crippen molar-refractivity contribution in [3.05, 3.63) is 16.1 Å². The van der Waals surface area contributed by atoms with E-state index in [-0.39, 0.29) is 0 Å². The van der Waals surface area contributed by atoms with Gasteiger partial charge >= 0.3 is 0 Å². The molecule has 0 saturated heterocycles. The molecular weight excluding hydrogens is 272 g/mol. The maximum Gasteiger partial charge on any atom is 0.0928 e. The highest BCUT2D eigenvalue weighted by Crippen LogP contribution is 2.14. The van der Waals surface area contributed by atoms with Gasteiger partial charge in [-0.25, -0.2) is 4.98 Å². The van der Waals surface area contributed by atoms with Gasteiger partial charge in [0.2, 0.25) is 0 Å². The molecule has 0 aliphatic rings. The summed E-state index contributed by atoms with van der Waals surface area (Å²) < 4.78 is 0. The van der Waals surface area contributed by atoms with Crippen LogP contribution in [0.25, 0.3) is 0 Å². The fourth-order valence-corrected chi connectivity index (χ4v) is 3.10. The largest absolute Gasteiger partial charge is 0.306 e. The molecular formula is C12H21ClN2S2. The average Bonchev–Trinajstić information content (AvgIpc) is 2.80. The summed E-state index contributed by atoms with van der Waals surface area (Å²) in [4.78, 5) is 6.87. The molecule has 0 atom stereocenters. The Morgan fingerprint density at radius 1 is 1.41 bits per heavy atom. The van der Waals surface area contributed by atoms with Gasteiger partial charge in [0.05, 0.1) is 16.6 Å². The molecule has 1 aromatic rings. The number of alkyl halides is 1. The average molecular weight is 293 g/mol. The summed E-state index contributed by atoms with van der Waals surface area (Å²) in [6.07, 6.45) is 5.72. The number of thiazole rings is 1. The summed E-state index contributed by atoms with van der Waals surface area (Å²) in [6.45, 7) is 2.38. The summed E-state index contributed by atoms with van der Waals surface area (Å²) in [7, 11) is 2.20. The third-order valence-corrected chi connectivity index (χ3v) is 4.42. The van der Waals surface area contributed by atoms with E-state index < -0.39 is 0 Å². The third kappa shape index (κ3) is 6.65. The molecule has 0 aliphatic heterocycles. The summed E-state index contributed by atoms with van der Waals surface area (Å²) in [5, 5.41) is 3.29. The van der Waals surface area contributed by atoms with E-state index in [2.05, 4.69) is 28.6 Å². The molecule has 0 N–H and O–H groups in total. The van der Waals surface area contributed by atoms with Crippen molar-refractivity contribution in [2.45, 2.75) is 25.1 Å². The zero-order chi connectivity index (χ0) is 12.5. The number of rotatable bonds is 9. The lowest BCUT2D eigenvalue weighted by molar-refractivity contribution is 0.346. The maximum absolute atomic E-state index is 5.73.